The average molecular weight is 532 g/mol. The molecule has 0 spiro atoms. The molecule has 3 aromatic heterocycles. The molecule has 4 aromatic rings. The fourth-order valence-electron chi connectivity index (χ4n) is 5.34. The Kier molecular flexibility index (Phi) is 6.51. The van der Waals surface area contributed by atoms with Gasteiger partial charge in [-0.15, -0.1) is 0 Å². The number of nitrogens with zero attached hydrogens (tertiary/aromatic N) is 5. The molecule has 0 aliphatic carbocycles. The number of hydrogen-bond acceptors (Lipinski definition) is 7. The quantitative estimate of drug-likeness (QED) is 0.389. The molecule has 1 amide bonds. The Morgan fingerprint density at radius 3 is 2.89 bits per heavy atom. The van der Waals surface area contributed by atoms with Crippen LogP contribution in [-0.2, 0) is 16.1 Å². The van der Waals surface area contributed by atoms with Crippen LogP contribution in [0.3, 0.4) is 0 Å². The molecule has 2 aliphatic heterocycles. The number of aliphatic imine (C=N–C) groups is 1. The van der Waals surface area contributed by atoms with Gasteiger partial charge in [0.2, 0.25) is 5.91 Å². The summed E-state index contributed by atoms with van der Waals surface area (Å²) in [4.78, 5) is 34.8. The fraction of sp³-hybridized carbons (Fsp3) is 0.357. The smallest absolute Gasteiger partial charge is 0.244 e. The summed E-state index contributed by atoms with van der Waals surface area (Å²) in [6, 6.07) is 9.16. The maximum absolute atomic E-state index is 13.7. The van der Waals surface area contributed by atoms with Gasteiger partial charge >= 0.3 is 0 Å². The Morgan fingerprint density at radius 2 is 2.05 bits per heavy atom. The standard InChI is InChI=1S/C28H30ClN7O2/c1-28(2)17-36(15-25-32-8-9-35(25)14-18-4-3-6-30-12-18)24(16-38-28)27(37)34-22-11-19(29)10-21-20-5-7-31-13-23(20)33-26(21)22/h3-7,10-13,24,33H,8-9,14-17H2,1-2H3,(H,34,37)/t24-/m0/s1. The van der Waals surface area contributed by atoms with Crippen LogP contribution in [0.4, 0.5) is 5.69 Å². The largest absolute Gasteiger partial charge is 0.372 e. The van der Waals surface area contributed by atoms with Gasteiger partial charge in [0, 0.05) is 54.0 Å². The number of rotatable bonds is 6. The van der Waals surface area contributed by atoms with Crippen molar-refractivity contribution in [3.8, 4) is 0 Å². The molecule has 9 nitrogen and oxygen atoms in total. The highest BCUT2D eigenvalue weighted by Crippen LogP contribution is 2.33. The van der Waals surface area contributed by atoms with Crippen LogP contribution in [0.5, 0.6) is 0 Å². The van der Waals surface area contributed by atoms with Crippen LogP contribution in [0.2, 0.25) is 5.02 Å². The number of fused-ring (bicyclic) bond motifs is 3. The lowest BCUT2D eigenvalue weighted by Gasteiger charge is -2.43. The van der Waals surface area contributed by atoms with E-state index in [9.17, 15) is 4.79 Å². The summed E-state index contributed by atoms with van der Waals surface area (Å²) >= 11 is 6.47. The van der Waals surface area contributed by atoms with E-state index in [2.05, 4.69) is 50.0 Å². The van der Waals surface area contributed by atoms with E-state index in [1.807, 2.05) is 24.4 Å². The number of aromatic nitrogens is 3. The topological polar surface area (TPSA) is 98.7 Å². The minimum atomic E-state index is -0.480. The second kappa shape index (κ2) is 9.98. The number of aromatic amines is 1. The zero-order valence-corrected chi connectivity index (χ0v) is 22.2. The molecule has 6 rings (SSSR count). The van der Waals surface area contributed by atoms with Gasteiger partial charge in [-0.05, 0) is 43.7 Å². The van der Waals surface area contributed by atoms with Gasteiger partial charge in [0.05, 0.1) is 48.2 Å². The normalized spacial score (nSPS) is 19.7. The third-order valence-electron chi connectivity index (χ3n) is 7.16. The van der Waals surface area contributed by atoms with Crippen molar-refractivity contribution < 1.29 is 9.53 Å². The number of amides is 1. The highest BCUT2D eigenvalue weighted by Gasteiger charge is 2.39. The molecule has 1 saturated heterocycles. The summed E-state index contributed by atoms with van der Waals surface area (Å²) in [5.41, 5.74) is 3.10. The molecule has 0 radical (unpaired) electrons. The Balaban J connectivity index is 1.24. The predicted molar refractivity (Wildman–Crippen MR) is 150 cm³/mol. The van der Waals surface area contributed by atoms with Crippen LogP contribution in [0.15, 0.2) is 60.1 Å². The monoisotopic (exact) mass is 531 g/mol. The maximum atomic E-state index is 13.7. The molecule has 5 heterocycles. The maximum Gasteiger partial charge on any atom is 0.244 e. The van der Waals surface area contributed by atoms with E-state index in [0.717, 1.165) is 52.8 Å². The molecule has 0 bridgehead atoms. The predicted octanol–water partition coefficient (Wildman–Crippen LogP) is 4.10. The Labute approximate surface area is 225 Å². The van der Waals surface area contributed by atoms with E-state index in [1.54, 1.807) is 24.7 Å². The van der Waals surface area contributed by atoms with E-state index < -0.39 is 6.04 Å². The molecule has 1 fully saturated rings. The first-order valence-corrected chi connectivity index (χ1v) is 13.2. The average Bonchev–Trinajstić information content (AvgIpc) is 3.48. The zero-order chi connectivity index (χ0) is 26.3. The third kappa shape index (κ3) is 4.97. The van der Waals surface area contributed by atoms with Gasteiger partial charge in [-0.1, -0.05) is 17.7 Å². The van der Waals surface area contributed by atoms with Crippen LogP contribution >= 0.6 is 11.6 Å². The summed E-state index contributed by atoms with van der Waals surface area (Å²) in [6.07, 6.45) is 7.18. The molecule has 196 valence electrons. The minimum absolute atomic E-state index is 0.141. The van der Waals surface area contributed by atoms with Gasteiger partial charge < -0.3 is 19.9 Å². The molecule has 0 saturated carbocycles. The molecule has 2 aliphatic rings. The second-order valence-electron chi connectivity index (χ2n) is 10.5. The van der Waals surface area contributed by atoms with Crippen molar-refractivity contribution in [1.82, 2.24) is 24.8 Å². The number of hydrogen-bond donors (Lipinski definition) is 2. The van der Waals surface area contributed by atoms with Crippen LogP contribution in [-0.4, -0.2) is 80.9 Å². The number of halogens is 1. The number of ether oxygens (including phenoxy) is 1. The fourth-order valence-corrected chi connectivity index (χ4v) is 5.56. The molecular weight excluding hydrogens is 502 g/mol. The first-order chi connectivity index (χ1) is 18.4. The Morgan fingerprint density at radius 1 is 1.18 bits per heavy atom. The van der Waals surface area contributed by atoms with Crippen molar-refractivity contribution >= 4 is 50.8 Å². The minimum Gasteiger partial charge on any atom is -0.372 e. The lowest BCUT2D eigenvalue weighted by Crippen LogP contribution is -2.59. The molecule has 2 N–H and O–H groups in total. The van der Waals surface area contributed by atoms with Crippen molar-refractivity contribution in [2.24, 2.45) is 4.99 Å². The molecule has 0 unspecified atom stereocenters. The summed E-state index contributed by atoms with van der Waals surface area (Å²) in [6.45, 7) is 7.90. The molecule has 38 heavy (non-hydrogen) atoms. The number of H-pyrrole nitrogens is 1. The van der Waals surface area contributed by atoms with Crippen molar-refractivity contribution in [2.75, 3.05) is 38.1 Å². The first-order valence-electron chi connectivity index (χ1n) is 12.8. The third-order valence-corrected chi connectivity index (χ3v) is 7.38. The number of morpholine rings is 1. The van der Waals surface area contributed by atoms with Gasteiger partial charge in [0.15, 0.2) is 0 Å². The first kappa shape index (κ1) is 24.8. The van der Waals surface area contributed by atoms with E-state index in [1.165, 1.54) is 0 Å². The van der Waals surface area contributed by atoms with Crippen molar-refractivity contribution in [1.29, 1.82) is 0 Å². The number of nitrogens with one attached hydrogen (secondary N) is 2. The summed E-state index contributed by atoms with van der Waals surface area (Å²) in [5.74, 6) is 0.843. The van der Waals surface area contributed by atoms with Gasteiger partial charge in [-0.25, -0.2) is 0 Å². The lowest BCUT2D eigenvalue weighted by atomic mass is 10.0. The van der Waals surface area contributed by atoms with Crippen molar-refractivity contribution in [3.63, 3.8) is 0 Å². The Hall–Kier alpha value is -3.53. The second-order valence-corrected chi connectivity index (χ2v) is 10.9. The van der Waals surface area contributed by atoms with E-state index in [-0.39, 0.29) is 18.1 Å². The Bertz CT molecular complexity index is 1520. The lowest BCUT2D eigenvalue weighted by molar-refractivity contribution is -0.141. The number of anilines is 1. The van der Waals surface area contributed by atoms with Crippen LogP contribution in [0.25, 0.3) is 21.8 Å². The van der Waals surface area contributed by atoms with Crippen molar-refractivity contribution in [2.45, 2.75) is 32.0 Å². The van der Waals surface area contributed by atoms with Gasteiger partial charge in [-0.3, -0.25) is 24.7 Å². The van der Waals surface area contributed by atoms with E-state index in [0.29, 0.717) is 23.8 Å². The van der Waals surface area contributed by atoms with Crippen LogP contribution in [0.1, 0.15) is 19.4 Å². The van der Waals surface area contributed by atoms with Crippen molar-refractivity contribution in [3.05, 3.63) is 65.7 Å². The zero-order valence-electron chi connectivity index (χ0n) is 21.4. The highest BCUT2D eigenvalue weighted by atomic mass is 35.5. The number of amidine groups is 1. The molecule has 1 aromatic carbocycles. The van der Waals surface area contributed by atoms with Crippen LogP contribution < -0.4 is 5.32 Å². The summed E-state index contributed by atoms with van der Waals surface area (Å²) < 4.78 is 6.11. The summed E-state index contributed by atoms with van der Waals surface area (Å²) in [5, 5.41) is 5.63. The van der Waals surface area contributed by atoms with Gasteiger partial charge in [-0.2, -0.15) is 0 Å². The number of carbonyl (C=O) groups is 1. The van der Waals surface area contributed by atoms with Gasteiger partial charge in [0.25, 0.3) is 0 Å². The summed E-state index contributed by atoms with van der Waals surface area (Å²) in [7, 11) is 0. The molecule has 10 heteroatoms. The highest BCUT2D eigenvalue weighted by molar-refractivity contribution is 6.33. The number of carbonyl (C=O) groups excluding carboxylic acids is 1. The number of pyridine rings is 2. The van der Waals surface area contributed by atoms with Crippen LogP contribution in [0, 0.1) is 0 Å². The van der Waals surface area contributed by atoms with Gasteiger partial charge in [0.1, 0.15) is 11.9 Å². The van der Waals surface area contributed by atoms with E-state index in [4.69, 9.17) is 21.3 Å². The van der Waals surface area contributed by atoms with E-state index >= 15 is 0 Å². The molecule has 1 atom stereocenters. The SMILES string of the molecule is CC1(C)CN(CC2=NCCN2Cc2cccnc2)[C@H](C(=O)Nc2cc(Cl)cc3c2[nH]c2cnccc23)CO1. The molecular formula is C28H30ClN7O2. The number of benzene rings is 1.